The molecular formula is C12H20N2S. The predicted octanol–water partition coefficient (Wildman–Crippen LogP) is 4.03. The Kier molecular flexibility index (Phi) is 3.01. The molecule has 2 unspecified atom stereocenters. The van der Waals surface area contributed by atoms with Crippen LogP contribution in [0.1, 0.15) is 57.7 Å². The van der Waals surface area contributed by atoms with E-state index in [1.165, 1.54) is 25.0 Å². The maximum atomic E-state index is 5.39. The molecule has 84 valence electrons. The van der Waals surface area contributed by atoms with Crippen LogP contribution in [0.3, 0.4) is 0 Å². The smallest absolute Gasteiger partial charge is 0.177 e. The first-order chi connectivity index (χ1) is 7.11. The van der Waals surface area contributed by atoms with Gasteiger partial charge in [-0.1, -0.05) is 27.2 Å². The van der Waals surface area contributed by atoms with E-state index in [1.54, 1.807) is 0 Å². The van der Waals surface area contributed by atoms with Crippen molar-refractivity contribution in [2.75, 3.05) is 0 Å². The van der Waals surface area contributed by atoms with E-state index in [-0.39, 0.29) is 0 Å². The molecule has 0 amide bonds. The summed E-state index contributed by atoms with van der Waals surface area (Å²) in [5.74, 6) is 1.32. The van der Waals surface area contributed by atoms with Gasteiger partial charge < -0.3 is 9.55 Å². The van der Waals surface area contributed by atoms with Crippen LogP contribution in [0.15, 0.2) is 6.20 Å². The summed E-state index contributed by atoms with van der Waals surface area (Å²) in [6.07, 6.45) is 6.05. The number of hydrogen-bond acceptors (Lipinski definition) is 1. The molecule has 2 nitrogen and oxygen atoms in total. The van der Waals surface area contributed by atoms with Crippen LogP contribution in [-0.2, 0) is 0 Å². The highest BCUT2D eigenvalue weighted by molar-refractivity contribution is 7.71. The fourth-order valence-electron chi connectivity index (χ4n) is 2.69. The van der Waals surface area contributed by atoms with Gasteiger partial charge in [0.25, 0.3) is 0 Å². The third-order valence-corrected chi connectivity index (χ3v) is 3.89. The monoisotopic (exact) mass is 224 g/mol. The number of H-pyrrole nitrogens is 1. The van der Waals surface area contributed by atoms with Gasteiger partial charge in [-0.15, -0.1) is 0 Å². The van der Waals surface area contributed by atoms with E-state index in [2.05, 4.69) is 36.5 Å². The largest absolute Gasteiger partial charge is 0.337 e. The number of nitrogens with one attached hydrogen (secondary N) is 1. The van der Waals surface area contributed by atoms with Gasteiger partial charge in [0.15, 0.2) is 4.77 Å². The molecule has 15 heavy (non-hydrogen) atoms. The molecule has 0 bridgehead atoms. The first kappa shape index (κ1) is 10.9. The maximum Gasteiger partial charge on any atom is 0.177 e. The summed E-state index contributed by atoms with van der Waals surface area (Å²) in [6.45, 7) is 6.80. The first-order valence-electron chi connectivity index (χ1n) is 5.91. The van der Waals surface area contributed by atoms with Crippen molar-refractivity contribution in [3.05, 3.63) is 16.7 Å². The molecule has 0 spiro atoms. The molecule has 1 saturated carbocycles. The van der Waals surface area contributed by atoms with Crippen molar-refractivity contribution in [3.63, 3.8) is 0 Å². The summed E-state index contributed by atoms with van der Waals surface area (Å²) in [6, 6.07) is 0.626. The van der Waals surface area contributed by atoms with Gasteiger partial charge in [0.05, 0.1) is 0 Å². The topological polar surface area (TPSA) is 20.7 Å². The fourth-order valence-corrected chi connectivity index (χ4v) is 2.99. The Bertz CT molecular complexity index is 389. The van der Waals surface area contributed by atoms with Gasteiger partial charge in [-0.3, -0.25) is 0 Å². The highest BCUT2D eigenvalue weighted by Gasteiger charge is 2.27. The van der Waals surface area contributed by atoms with Gasteiger partial charge in [0, 0.05) is 17.9 Å². The zero-order valence-corrected chi connectivity index (χ0v) is 10.6. The molecule has 0 radical (unpaired) electrons. The highest BCUT2D eigenvalue weighted by atomic mass is 32.1. The van der Waals surface area contributed by atoms with Crippen molar-refractivity contribution >= 4 is 12.2 Å². The summed E-state index contributed by atoms with van der Waals surface area (Å²) in [4.78, 5) is 3.19. The molecular weight excluding hydrogens is 204 g/mol. The lowest BCUT2D eigenvalue weighted by atomic mass is 10.0. The highest BCUT2D eigenvalue weighted by Crippen LogP contribution is 2.37. The lowest BCUT2D eigenvalue weighted by Gasteiger charge is -2.21. The normalized spacial score (nSPS) is 26.4. The van der Waals surface area contributed by atoms with Crippen LogP contribution in [-0.4, -0.2) is 9.55 Å². The van der Waals surface area contributed by atoms with Crippen molar-refractivity contribution in [2.24, 2.45) is 5.92 Å². The number of hydrogen-bond donors (Lipinski definition) is 1. The van der Waals surface area contributed by atoms with E-state index in [0.29, 0.717) is 12.0 Å². The molecule has 0 saturated heterocycles. The number of nitrogens with zero attached hydrogens (tertiary/aromatic N) is 1. The number of rotatable bonds is 2. The molecule has 0 aromatic carbocycles. The van der Waals surface area contributed by atoms with Crippen LogP contribution >= 0.6 is 12.2 Å². The lowest BCUT2D eigenvalue weighted by molar-refractivity contribution is 0.390. The molecule has 1 aromatic heterocycles. The fraction of sp³-hybridized carbons (Fsp3) is 0.750. The summed E-state index contributed by atoms with van der Waals surface area (Å²) >= 11 is 5.39. The quantitative estimate of drug-likeness (QED) is 0.752. The molecule has 1 aliphatic rings. The third-order valence-electron chi connectivity index (χ3n) is 3.58. The Morgan fingerprint density at radius 3 is 2.73 bits per heavy atom. The first-order valence-corrected chi connectivity index (χ1v) is 6.32. The predicted molar refractivity (Wildman–Crippen MR) is 65.8 cm³/mol. The maximum absolute atomic E-state index is 5.39. The standard InChI is InChI=1S/C12H20N2S/c1-8(2)11-7-13-12(15)14(11)10-6-4-5-9(10)3/h7-10H,4-6H2,1-3H3,(H,13,15). The Labute approximate surface area is 96.7 Å². The number of aromatic amines is 1. The SMILES string of the molecule is CC(C)c1c[nH]c(=S)n1C1CCCC1C. The summed E-state index contributed by atoms with van der Waals surface area (Å²) < 4.78 is 3.26. The average molecular weight is 224 g/mol. The average Bonchev–Trinajstić information content (AvgIpc) is 2.71. The van der Waals surface area contributed by atoms with E-state index in [4.69, 9.17) is 12.2 Å². The molecule has 1 heterocycles. The van der Waals surface area contributed by atoms with Gasteiger partial charge in [-0.05, 0) is 36.9 Å². The van der Waals surface area contributed by atoms with Crippen molar-refractivity contribution in [2.45, 2.75) is 52.0 Å². The van der Waals surface area contributed by atoms with Crippen LogP contribution in [0.25, 0.3) is 0 Å². The Morgan fingerprint density at radius 2 is 2.20 bits per heavy atom. The lowest BCUT2D eigenvalue weighted by Crippen LogP contribution is -2.15. The molecule has 1 aromatic rings. The molecule has 2 atom stereocenters. The molecule has 1 aliphatic carbocycles. The minimum Gasteiger partial charge on any atom is -0.337 e. The second kappa shape index (κ2) is 4.12. The summed E-state index contributed by atoms with van der Waals surface area (Å²) in [5.41, 5.74) is 1.36. The van der Waals surface area contributed by atoms with Gasteiger partial charge in [-0.25, -0.2) is 0 Å². The van der Waals surface area contributed by atoms with Crippen LogP contribution in [0.2, 0.25) is 0 Å². The molecule has 1 fully saturated rings. The van der Waals surface area contributed by atoms with Gasteiger partial charge >= 0.3 is 0 Å². The van der Waals surface area contributed by atoms with Crippen LogP contribution < -0.4 is 0 Å². The van der Waals surface area contributed by atoms with Gasteiger partial charge in [0.1, 0.15) is 0 Å². The van der Waals surface area contributed by atoms with Gasteiger partial charge in [0.2, 0.25) is 0 Å². The number of aromatic nitrogens is 2. The minimum atomic E-state index is 0.547. The number of imidazole rings is 1. The van der Waals surface area contributed by atoms with Crippen LogP contribution in [0.5, 0.6) is 0 Å². The zero-order valence-electron chi connectivity index (χ0n) is 9.79. The molecule has 2 rings (SSSR count). The van der Waals surface area contributed by atoms with Crippen molar-refractivity contribution < 1.29 is 0 Å². The molecule has 0 aliphatic heterocycles. The summed E-state index contributed by atoms with van der Waals surface area (Å²) in [7, 11) is 0. The molecule has 1 N–H and O–H groups in total. The van der Waals surface area contributed by atoms with E-state index in [9.17, 15) is 0 Å². The Morgan fingerprint density at radius 1 is 1.47 bits per heavy atom. The second-order valence-electron chi connectivity index (χ2n) is 5.02. The van der Waals surface area contributed by atoms with Crippen LogP contribution in [0.4, 0.5) is 0 Å². The van der Waals surface area contributed by atoms with E-state index < -0.39 is 0 Å². The minimum absolute atomic E-state index is 0.547. The van der Waals surface area contributed by atoms with Crippen molar-refractivity contribution in [1.29, 1.82) is 0 Å². The molecule has 3 heteroatoms. The van der Waals surface area contributed by atoms with E-state index in [0.717, 1.165) is 10.7 Å². The summed E-state index contributed by atoms with van der Waals surface area (Å²) in [5, 5.41) is 0. The third kappa shape index (κ3) is 1.89. The van der Waals surface area contributed by atoms with Gasteiger partial charge in [-0.2, -0.15) is 0 Å². The van der Waals surface area contributed by atoms with Crippen molar-refractivity contribution in [3.8, 4) is 0 Å². The zero-order chi connectivity index (χ0) is 11.0. The van der Waals surface area contributed by atoms with Crippen molar-refractivity contribution in [1.82, 2.24) is 9.55 Å². The van der Waals surface area contributed by atoms with Crippen LogP contribution in [0, 0.1) is 10.7 Å². The van der Waals surface area contributed by atoms with E-state index in [1.807, 2.05) is 0 Å². The van der Waals surface area contributed by atoms with E-state index >= 15 is 0 Å². The Hall–Kier alpha value is -0.570. The second-order valence-corrected chi connectivity index (χ2v) is 5.41. The Balaban J connectivity index is 2.41.